The Morgan fingerprint density at radius 3 is 2.52 bits per heavy atom. The first kappa shape index (κ1) is 19.6. The number of benzene rings is 3. The Kier molecular flexibility index (Phi) is 5.53. The summed E-state index contributed by atoms with van der Waals surface area (Å²) >= 11 is 0. The molecule has 0 radical (unpaired) electrons. The molecule has 3 aromatic carbocycles. The summed E-state index contributed by atoms with van der Waals surface area (Å²) < 4.78 is 5.53. The zero-order chi connectivity index (χ0) is 21.0. The smallest absolute Gasteiger partial charge is 0.227 e. The standard InChI is InChI=1S/C27H26N2O2/c30-26(19-24-6-3-5-22-4-1-2-7-25(22)24)29-15-12-21(13-16-29)18-20-8-10-23(11-9-20)27-28-14-17-31-27/h1-11,18H,12-17,19H2. The van der Waals surface area contributed by atoms with E-state index in [2.05, 4.69) is 59.6 Å². The van der Waals surface area contributed by atoms with Gasteiger partial charge in [0.25, 0.3) is 0 Å². The number of piperidine rings is 1. The summed E-state index contributed by atoms with van der Waals surface area (Å²) in [5.41, 5.74) is 4.73. The van der Waals surface area contributed by atoms with E-state index in [4.69, 9.17) is 4.74 Å². The van der Waals surface area contributed by atoms with Gasteiger partial charge >= 0.3 is 0 Å². The Bertz CT molecular complexity index is 1150. The molecule has 1 fully saturated rings. The number of carbonyl (C=O) groups excluding carboxylic acids is 1. The molecule has 0 aromatic heterocycles. The van der Waals surface area contributed by atoms with E-state index >= 15 is 0 Å². The van der Waals surface area contributed by atoms with E-state index in [-0.39, 0.29) is 5.91 Å². The first-order valence-corrected chi connectivity index (χ1v) is 11.0. The third-order valence-electron chi connectivity index (χ3n) is 6.09. The van der Waals surface area contributed by atoms with Crippen LogP contribution in [0.15, 0.2) is 77.3 Å². The second kappa shape index (κ2) is 8.76. The highest BCUT2D eigenvalue weighted by Crippen LogP contribution is 2.23. The van der Waals surface area contributed by atoms with Gasteiger partial charge in [-0.1, -0.05) is 66.2 Å². The molecule has 4 heteroatoms. The highest BCUT2D eigenvalue weighted by Gasteiger charge is 2.20. The predicted molar refractivity (Wildman–Crippen MR) is 125 cm³/mol. The fraction of sp³-hybridized carbons (Fsp3) is 0.259. The first-order valence-electron chi connectivity index (χ1n) is 11.0. The minimum Gasteiger partial charge on any atom is -0.476 e. The number of amides is 1. The van der Waals surface area contributed by atoms with Gasteiger partial charge in [-0.3, -0.25) is 4.79 Å². The minimum absolute atomic E-state index is 0.220. The second-order valence-electron chi connectivity index (χ2n) is 8.16. The molecule has 156 valence electrons. The molecule has 0 spiro atoms. The molecule has 1 saturated heterocycles. The van der Waals surface area contributed by atoms with E-state index in [1.54, 1.807) is 0 Å². The van der Waals surface area contributed by atoms with E-state index in [1.165, 1.54) is 21.9 Å². The minimum atomic E-state index is 0.220. The van der Waals surface area contributed by atoms with Gasteiger partial charge in [0.2, 0.25) is 11.8 Å². The molecule has 2 aliphatic heterocycles. The van der Waals surface area contributed by atoms with Crippen LogP contribution in [-0.2, 0) is 16.0 Å². The lowest BCUT2D eigenvalue weighted by molar-refractivity contribution is -0.130. The van der Waals surface area contributed by atoms with Crippen molar-refractivity contribution in [3.63, 3.8) is 0 Å². The second-order valence-corrected chi connectivity index (χ2v) is 8.16. The molecule has 1 amide bonds. The summed E-state index contributed by atoms with van der Waals surface area (Å²) in [5, 5.41) is 2.36. The average Bonchev–Trinajstić information content (AvgIpc) is 3.35. The molecule has 2 heterocycles. The van der Waals surface area contributed by atoms with Gasteiger partial charge < -0.3 is 9.64 Å². The van der Waals surface area contributed by atoms with Gasteiger partial charge in [0, 0.05) is 18.7 Å². The Morgan fingerprint density at radius 2 is 1.74 bits per heavy atom. The van der Waals surface area contributed by atoms with Crippen LogP contribution in [0.4, 0.5) is 0 Å². The van der Waals surface area contributed by atoms with Crippen molar-refractivity contribution in [1.29, 1.82) is 0 Å². The van der Waals surface area contributed by atoms with Gasteiger partial charge in [0.1, 0.15) is 6.61 Å². The molecule has 31 heavy (non-hydrogen) atoms. The van der Waals surface area contributed by atoms with Crippen molar-refractivity contribution >= 4 is 28.7 Å². The van der Waals surface area contributed by atoms with E-state index in [1.807, 2.05) is 23.1 Å². The summed E-state index contributed by atoms with van der Waals surface area (Å²) in [6, 6.07) is 22.9. The topological polar surface area (TPSA) is 41.9 Å². The summed E-state index contributed by atoms with van der Waals surface area (Å²) in [7, 11) is 0. The highest BCUT2D eigenvalue weighted by atomic mass is 16.5. The van der Waals surface area contributed by atoms with Crippen LogP contribution >= 0.6 is 0 Å². The van der Waals surface area contributed by atoms with Gasteiger partial charge in [0.15, 0.2) is 0 Å². The molecule has 0 atom stereocenters. The van der Waals surface area contributed by atoms with Gasteiger partial charge in [-0.2, -0.15) is 0 Å². The monoisotopic (exact) mass is 410 g/mol. The molecule has 0 aliphatic carbocycles. The Balaban J connectivity index is 1.20. The molecular weight excluding hydrogens is 384 g/mol. The van der Waals surface area contributed by atoms with E-state index in [0.29, 0.717) is 13.0 Å². The van der Waals surface area contributed by atoms with Crippen molar-refractivity contribution < 1.29 is 9.53 Å². The average molecular weight is 411 g/mol. The largest absolute Gasteiger partial charge is 0.476 e. The number of aliphatic imine (C=N–C) groups is 1. The maximum Gasteiger partial charge on any atom is 0.227 e. The Morgan fingerprint density at radius 1 is 0.968 bits per heavy atom. The van der Waals surface area contributed by atoms with Crippen LogP contribution in [0, 0.1) is 0 Å². The summed E-state index contributed by atoms with van der Waals surface area (Å²) in [4.78, 5) is 19.3. The molecule has 0 saturated carbocycles. The molecule has 3 aromatic rings. The molecule has 5 rings (SSSR count). The highest BCUT2D eigenvalue weighted by molar-refractivity contribution is 5.95. The maximum atomic E-state index is 12.9. The molecule has 2 aliphatic rings. The molecule has 0 unspecified atom stereocenters. The van der Waals surface area contributed by atoms with Gasteiger partial charge in [-0.15, -0.1) is 0 Å². The van der Waals surface area contributed by atoms with Crippen molar-refractivity contribution in [3.8, 4) is 0 Å². The van der Waals surface area contributed by atoms with Crippen LogP contribution in [0.2, 0.25) is 0 Å². The number of rotatable bonds is 4. The number of carbonyl (C=O) groups is 1. The van der Waals surface area contributed by atoms with Crippen molar-refractivity contribution in [2.75, 3.05) is 26.2 Å². The number of nitrogens with zero attached hydrogens (tertiary/aromatic N) is 2. The summed E-state index contributed by atoms with van der Waals surface area (Å²) in [6.45, 7) is 3.00. The first-order chi connectivity index (χ1) is 15.3. The SMILES string of the molecule is O=C(Cc1cccc2ccccc12)N1CCC(=Cc2ccc(C3=NCCO3)cc2)CC1. The Labute approximate surface area is 182 Å². The molecular formula is C27H26N2O2. The zero-order valence-electron chi connectivity index (χ0n) is 17.6. The molecule has 4 nitrogen and oxygen atoms in total. The number of hydrogen-bond donors (Lipinski definition) is 0. The fourth-order valence-corrected chi connectivity index (χ4v) is 4.38. The van der Waals surface area contributed by atoms with Crippen LogP contribution in [-0.4, -0.2) is 42.9 Å². The number of likely N-dealkylation sites (tertiary alicyclic amines) is 1. The molecule has 0 N–H and O–H groups in total. The lowest BCUT2D eigenvalue weighted by Crippen LogP contribution is -2.37. The van der Waals surface area contributed by atoms with E-state index in [9.17, 15) is 4.79 Å². The zero-order valence-corrected chi connectivity index (χ0v) is 17.6. The fourth-order valence-electron chi connectivity index (χ4n) is 4.38. The molecule has 0 bridgehead atoms. The maximum absolute atomic E-state index is 12.9. The normalized spacial score (nSPS) is 16.2. The quantitative estimate of drug-likeness (QED) is 0.616. The summed E-state index contributed by atoms with van der Waals surface area (Å²) in [6.07, 6.45) is 4.58. The van der Waals surface area contributed by atoms with Gasteiger partial charge in [0.05, 0.1) is 13.0 Å². The van der Waals surface area contributed by atoms with Crippen molar-refractivity contribution in [3.05, 3.63) is 89.0 Å². The lowest BCUT2D eigenvalue weighted by Gasteiger charge is -2.29. The van der Waals surface area contributed by atoms with Crippen LogP contribution < -0.4 is 0 Å². The predicted octanol–water partition coefficient (Wildman–Crippen LogP) is 4.87. The number of ether oxygens (including phenoxy) is 1. The third kappa shape index (κ3) is 4.38. The van der Waals surface area contributed by atoms with Crippen molar-refractivity contribution in [2.24, 2.45) is 4.99 Å². The van der Waals surface area contributed by atoms with Gasteiger partial charge in [-0.25, -0.2) is 4.99 Å². The van der Waals surface area contributed by atoms with Crippen LogP contribution in [0.3, 0.4) is 0 Å². The lowest BCUT2D eigenvalue weighted by atomic mass is 9.98. The van der Waals surface area contributed by atoms with Crippen molar-refractivity contribution in [2.45, 2.75) is 19.3 Å². The third-order valence-corrected chi connectivity index (χ3v) is 6.09. The van der Waals surface area contributed by atoms with Crippen molar-refractivity contribution in [1.82, 2.24) is 4.90 Å². The number of hydrogen-bond acceptors (Lipinski definition) is 3. The van der Waals surface area contributed by atoms with Crippen LogP contribution in [0.25, 0.3) is 16.8 Å². The number of fused-ring (bicyclic) bond motifs is 1. The van der Waals surface area contributed by atoms with E-state index < -0.39 is 0 Å². The van der Waals surface area contributed by atoms with Crippen LogP contribution in [0.1, 0.15) is 29.5 Å². The van der Waals surface area contributed by atoms with Gasteiger partial charge in [-0.05, 0) is 46.9 Å². The van der Waals surface area contributed by atoms with Crippen LogP contribution in [0.5, 0.6) is 0 Å². The summed E-state index contributed by atoms with van der Waals surface area (Å²) in [5.74, 6) is 0.967. The van der Waals surface area contributed by atoms with E-state index in [0.717, 1.165) is 49.5 Å². The Hall–Kier alpha value is -3.40.